The minimum absolute atomic E-state index is 0.786. The number of pyridine rings is 1. The highest BCUT2D eigenvalue weighted by atomic mass is 14.9. The molecular weight excluding hydrogens is 174 g/mol. The van der Waals surface area contributed by atoms with Crippen molar-refractivity contribution < 1.29 is 0 Å². The Kier molecular flexibility index (Phi) is 1.56. The molecule has 4 bridgehead atoms. The molecule has 0 unspecified atom stereocenters. The Morgan fingerprint density at radius 1 is 1.07 bits per heavy atom. The summed E-state index contributed by atoms with van der Waals surface area (Å²) >= 11 is 0. The Labute approximate surface area is 81.9 Å². The van der Waals surface area contributed by atoms with Crippen molar-refractivity contribution in [3.05, 3.63) is 53.4 Å². The Bertz CT molecular complexity index is 399. The van der Waals surface area contributed by atoms with Gasteiger partial charge in [0.1, 0.15) is 5.82 Å². The standard InChI is InChI=1S/C11H9N3/c1-2-13-11-5-9-3-8(6-12-7-9)4-10(1)14-11/h1-3,6-7H,4-5H2. The minimum Gasteiger partial charge on any atom is -0.264 e. The molecule has 68 valence electrons. The van der Waals surface area contributed by atoms with E-state index in [1.165, 1.54) is 11.1 Å². The van der Waals surface area contributed by atoms with Gasteiger partial charge in [0.05, 0.1) is 0 Å². The molecule has 3 rings (SSSR count). The zero-order valence-electron chi connectivity index (χ0n) is 7.64. The van der Waals surface area contributed by atoms with E-state index in [0.29, 0.717) is 0 Å². The zero-order chi connectivity index (χ0) is 9.38. The van der Waals surface area contributed by atoms with Gasteiger partial charge in [0, 0.05) is 37.1 Å². The molecule has 2 aromatic rings. The summed E-state index contributed by atoms with van der Waals surface area (Å²) in [5.74, 6) is 0.890. The number of aromatic nitrogens is 3. The number of hydrogen-bond acceptors (Lipinski definition) is 3. The van der Waals surface area contributed by atoms with Crippen molar-refractivity contribution in [1.82, 2.24) is 15.0 Å². The summed E-state index contributed by atoms with van der Waals surface area (Å²) in [6.45, 7) is 0. The van der Waals surface area contributed by atoms with Crippen LogP contribution in [0.25, 0.3) is 0 Å². The third-order valence-electron chi connectivity index (χ3n) is 2.36. The SMILES string of the molecule is c1cc2nc(n1)Cc1cncc(c1)C2. The van der Waals surface area contributed by atoms with Gasteiger partial charge in [0.15, 0.2) is 0 Å². The highest BCUT2D eigenvalue weighted by Gasteiger charge is 2.07. The monoisotopic (exact) mass is 183 g/mol. The third-order valence-corrected chi connectivity index (χ3v) is 2.36. The van der Waals surface area contributed by atoms with Crippen LogP contribution in [0.3, 0.4) is 0 Å². The molecule has 0 saturated carbocycles. The molecule has 1 aliphatic rings. The third kappa shape index (κ3) is 1.27. The molecule has 0 fully saturated rings. The fourth-order valence-corrected chi connectivity index (χ4v) is 1.75. The quantitative estimate of drug-likeness (QED) is 0.528. The van der Waals surface area contributed by atoms with Crippen molar-refractivity contribution in [2.45, 2.75) is 12.8 Å². The van der Waals surface area contributed by atoms with E-state index < -0.39 is 0 Å². The van der Waals surface area contributed by atoms with Gasteiger partial charge in [-0.3, -0.25) is 4.98 Å². The average Bonchev–Trinajstić information content (AvgIpc) is 2.17. The Balaban J connectivity index is 2.17. The van der Waals surface area contributed by atoms with Crippen LogP contribution in [0, 0.1) is 0 Å². The molecule has 1 aliphatic heterocycles. The summed E-state index contributed by atoms with van der Waals surface area (Å²) in [7, 11) is 0. The molecule has 0 saturated heterocycles. The second-order valence-corrected chi connectivity index (χ2v) is 3.52. The lowest BCUT2D eigenvalue weighted by molar-refractivity contribution is 0.889. The van der Waals surface area contributed by atoms with Crippen LogP contribution in [0.4, 0.5) is 0 Å². The largest absolute Gasteiger partial charge is 0.264 e. The number of hydrogen-bond donors (Lipinski definition) is 0. The Morgan fingerprint density at radius 2 is 1.93 bits per heavy atom. The second kappa shape index (κ2) is 2.87. The molecule has 0 radical (unpaired) electrons. The molecule has 14 heavy (non-hydrogen) atoms. The van der Waals surface area contributed by atoms with Crippen LogP contribution in [0.2, 0.25) is 0 Å². The Hall–Kier alpha value is -1.77. The molecule has 0 aromatic carbocycles. The summed E-state index contributed by atoms with van der Waals surface area (Å²) in [5.41, 5.74) is 3.50. The van der Waals surface area contributed by atoms with Gasteiger partial charge in [-0.15, -0.1) is 0 Å². The van der Waals surface area contributed by atoms with E-state index >= 15 is 0 Å². The molecule has 3 nitrogen and oxygen atoms in total. The van der Waals surface area contributed by atoms with Gasteiger partial charge in [0.2, 0.25) is 0 Å². The van der Waals surface area contributed by atoms with Crippen LogP contribution in [-0.2, 0) is 12.8 Å². The number of nitrogens with zero attached hydrogens (tertiary/aromatic N) is 3. The number of rotatable bonds is 0. The van der Waals surface area contributed by atoms with Gasteiger partial charge in [-0.25, -0.2) is 9.97 Å². The maximum atomic E-state index is 4.46. The van der Waals surface area contributed by atoms with E-state index in [1.807, 2.05) is 24.7 Å². The summed E-state index contributed by atoms with van der Waals surface area (Å²) in [4.78, 5) is 12.9. The summed E-state index contributed by atoms with van der Waals surface area (Å²) in [6.07, 6.45) is 7.25. The first kappa shape index (κ1) is 7.62. The zero-order valence-corrected chi connectivity index (χ0v) is 7.64. The molecule has 0 amide bonds. The van der Waals surface area contributed by atoms with Gasteiger partial charge >= 0.3 is 0 Å². The maximum Gasteiger partial charge on any atom is 0.132 e. The lowest BCUT2D eigenvalue weighted by Crippen LogP contribution is -2.05. The van der Waals surface area contributed by atoms with E-state index in [4.69, 9.17) is 0 Å². The number of fused-ring (bicyclic) bond motifs is 4. The van der Waals surface area contributed by atoms with E-state index in [-0.39, 0.29) is 0 Å². The van der Waals surface area contributed by atoms with Crippen molar-refractivity contribution in [3.63, 3.8) is 0 Å². The second-order valence-electron chi connectivity index (χ2n) is 3.52. The van der Waals surface area contributed by atoms with Crippen molar-refractivity contribution in [1.29, 1.82) is 0 Å². The summed E-state index contributed by atoms with van der Waals surface area (Å²) in [6, 6.07) is 4.14. The van der Waals surface area contributed by atoms with Crippen molar-refractivity contribution in [2.75, 3.05) is 0 Å². The smallest absolute Gasteiger partial charge is 0.132 e. The van der Waals surface area contributed by atoms with Crippen molar-refractivity contribution in [3.8, 4) is 0 Å². The lowest BCUT2D eigenvalue weighted by Gasteiger charge is -2.09. The molecule has 0 spiro atoms. The van der Waals surface area contributed by atoms with Gasteiger partial charge < -0.3 is 0 Å². The van der Waals surface area contributed by atoms with E-state index in [2.05, 4.69) is 21.0 Å². The van der Waals surface area contributed by atoms with Gasteiger partial charge in [0.25, 0.3) is 0 Å². The highest BCUT2D eigenvalue weighted by Crippen LogP contribution is 2.14. The first-order valence-electron chi connectivity index (χ1n) is 4.64. The highest BCUT2D eigenvalue weighted by molar-refractivity contribution is 5.27. The summed E-state index contributed by atoms with van der Waals surface area (Å²) in [5, 5.41) is 0. The van der Waals surface area contributed by atoms with Gasteiger partial charge in [-0.05, 0) is 17.2 Å². The summed E-state index contributed by atoms with van der Waals surface area (Å²) < 4.78 is 0. The average molecular weight is 183 g/mol. The van der Waals surface area contributed by atoms with Gasteiger partial charge in [-0.2, -0.15) is 0 Å². The Morgan fingerprint density at radius 3 is 2.86 bits per heavy atom. The van der Waals surface area contributed by atoms with Gasteiger partial charge in [-0.1, -0.05) is 6.07 Å². The lowest BCUT2D eigenvalue weighted by atomic mass is 10.1. The molecule has 0 N–H and O–H groups in total. The van der Waals surface area contributed by atoms with Crippen LogP contribution in [0.1, 0.15) is 22.6 Å². The fraction of sp³-hybridized carbons (Fsp3) is 0.182. The molecule has 0 aliphatic carbocycles. The predicted octanol–water partition coefficient (Wildman–Crippen LogP) is 1.37. The van der Waals surface area contributed by atoms with E-state index in [1.54, 1.807) is 0 Å². The first-order valence-corrected chi connectivity index (χ1v) is 4.64. The van der Waals surface area contributed by atoms with E-state index in [9.17, 15) is 0 Å². The molecule has 2 aromatic heterocycles. The van der Waals surface area contributed by atoms with Crippen LogP contribution in [0.15, 0.2) is 30.7 Å². The normalized spacial score (nSPS) is 13.1. The predicted molar refractivity (Wildman–Crippen MR) is 51.9 cm³/mol. The first-order chi connectivity index (χ1) is 6.90. The van der Waals surface area contributed by atoms with Crippen LogP contribution in [0.5, 0.6) is 0 Å². The van der Waals surface area contributed by atoms with E-state index in [0.717, 1.165) is 24.4 Å². The van der Waals surface area contributed by atoms with Crippen molar-refractivity contribution in [2.24, 2.45) is 0 Å². The fourth-order valence-electron chi connectivity index (χ4n) is 1.75. The molecule has 0 atom stereocenters. The molecule has 3 heteroatoms. The van der Waals surface area contributed by atoms with Crippen LogP contribution in [-0.4, -0.2) is 15.0 Å². The van der Waals surface area contributed by atoms with Crippen LogP contribution < -0.4 is 0 Å². The minimum atomic E-state index is 0.786. The maximum absolute atomic E-state index is 4.46. The topological polar surface area (TPSA) is 38.7 Å². The van der Waals surface area contributed by atoms with Crippen molar-refractivity contribution >= 4 is 0 Å². The molecule has 3 heterocycles. The van der Waals surface area contributed by atoms with Crippen LogP contribution >= 0.6 is 0 Å². The molecular formula is C11H9N3.